The summed E-state index contributed by atoms with van der Waals surface area (Å²) >= 11 is 0. The van der Waals surface area contributed by atoms with E-state index in [9.17, 15) is 4.39 Å². The zero-order valence-corrected chi connectivity index (χ0v) is 11.7. The monoisotopic (exact) mass is 299 g/mol. The highest BCUT2D eigenvalue weighted by Crippen LogP contribution is 2.34. The van der Waals surface area contributed by atoms with Crippen molar-refractivity contribution in [1.29, 1.82) is 0 Å². The molecule has 3 aromatic rings. The maximum atomic E-state index is 13.4. The number of benzene rings is 1. The normalized spacial score (nSPS) is 17.6. The van der Waals surface area contributed by atoms with Gasteiger partial charge in [-0.2, -0.15) is 0 Å². The molecule has 1 atom stereocenters. The molecule has 0 amide bonds. The van der Waals surface area contributed by atoms with E-state index in [-0.39, 0.29) is 11.9 Å². The standard InChI is InChI=1S/C15H14FN5O/c16-9-3-4-10-11(2-1-5-22-12(10)6-9)21-15-13-14(18-7-17-13)19-8-20-15/h3-4,6-8,11H,1-2,5H2,(H2,17,18,19,20,21)/t11-/m1/s1. The molecule has 1 aromatic carbocycles. The zero-order valence-electron chi connectivity index (χ0n) is 11.7. The summed E-state index contributed by atoms with van der Waals surface area (Å²) in [7, 11) is 0. The van der Waals surface area contributed by atoms with Gasteiger partial charge in [0.05, 0.1) is 19.0 Å². The Morgan fingerprint density at radius 2 is 2.23 bits per heavy atom. The number of halogens is 1. The van der Waals surface area contributed by atoms with E-state index in [0.29, 0.717) is 23.8 Å². The number of fused-ring (bicyclic) bond motifs is 2. The van der Waals surface area contributed by atoms with Gasteiger partial charge in [-0.15, -0.1) is 0 Å². The Hall–Kier alpha value is -2.70. The molecule has 7 heteroatoms. The minimum absolute atomic E-state index is 0.000463. The number of rotatable bonds is 2. The van der Waals surface area contributed by atoms with Crippen LogP contribution in [0.2, 0.25) is 0 Å². The summed E-state index contributed by atoms with van der Waals surface area (Å²) in [5, 5.41) is 3.40. The van der Waals surface area contributed by atoms with Gasteiger partial charge in [0, 0.05) is 11.6 Å². The first-order valence-electron chi connectivity index (χ1n) is 7.14. The van der Waals surface area contributed by atoms with Gasteiger partial charge in [0.1, 0.15) is 23.4 Å². The van der Waals surface area contributed by atoms with Crippen LogP contribution in [0.15, 0.2) is 30.9 Å². The average Bonchev–Trinajstić information content (AvgIpc) is 2.92. The Bertz CT molecular complexity index is 819. The Morgan fingerprint density at radius 1 is 1.27 bits per heavy atom. The SMILES string of the molecule is Fc1ccc2c(c1)OCCC[C@H]2Nc1ncnc2nc[nH]c12. The predicted octanol–water partition coefficient (Wildman–Crippen LogP) is 2.82. The van der Waals surface area contributed by atoms with E-state index in [0.717, 1.165) is 23.9 Å². The first kappa shape index (κ1) is 13.0. The van der Waals surface area contributed by atoms with Crippen molar-refractivity contribution in [1.82, 2.24) is 19.9 Å². The van der Waals surface area contributed by atoms with Gasteiger partial charge in [-0.3, -0.25) is 0 Å². The maximum absolute atomic E-state index is 13.4. The lowest BCUT2D eigenvalue weighted by Crippen LogP contribution is -2.12. The van der Waals surface area contributed by atoms with Crippen LogP contribution >= 0.6 is 0 Å². The molecule has 0 unspecified atom stereocenters. The number of ether oxygens (including phenoxy) is 1. The Labute approximate surface area is 125 Å². The molecule has 22 heavy (non-hydrogen) atoms. The number of H-pyrrole nitrogens is 1. The van der Waals surface area contributed by atoms with Gasteiger partial charge in [0.25, 0.3) is 0 Å². The van der Waals surface area contributed by atoms with Crippen LogP contribution in [-0.2, 0) is 0 Å². The minimum atomic E-state index is -0.294. The smallest absolute Gasteiger partial charge is 0.182 e. The van der Waals surface area contributed by atoms with Crippen molar-refractivity contribution in [3.05, 3.63) is 42.2 Å². The van der Waals surface area contributed by atoms with Gasteiger partial charge in [0.2, 0.25) is 0 Å². The lowest BCUT2D eigenvalue weighted by Gasteiger charge is -2.19. The number of anilines is 1. The molecule has 0 saturated carbocycles. The number of aromatic nitrogens is 4. The van der Waals surface area contributed by atoms with Gasteiger partial charge in [-0.05, 0) is 18.9 Å². The van der Waals surface area contributed by atoms with Crippen molar-refractivity contribution in [2.75, 3.05) is 11.9 Å². The molecular weight excluding hydrogens is 285 g/mol. The van der Waals surface area contributed by atoms with Crippen molar-refractivity contribution in [3.63, 3.8) is 0 Å². The fourth-order valence-electron chi connectivity index (χ4n) is 2.74. The van der Waals surface area contributed by atoms with Crippen LogP contribution in [0.4, 0.5) is 10.2 Å². The van der Waals surface area contributed by atoms with Crippen molar-refractivity contribution in [3.8, 4) is 5.75 Å². The van der Waals surface area contributed by atoms with E-state index in [1.807, 2.05) is 0 Å². The Kier molecular flexibility index (Phi) is 3.10. The van der Waals surface area contributed by atoms with Crippen LogP contribution in [0.1, 0.15) is 24.4 Å². The highest BCUT2D eigenvalue weighted by atomic mass is 19.1. The predicted molar refractivity (Wildman–Crippen MR) is 79.2 cm³/mol. The molecule has 0 aliphatic carbocycles. The quantitative estimate of drug-likeness (QED) is 0.761. The summed E-state index contributed by atoms with van der Waals surface area (Å²) < 4.78 is 19.1. The van der Waals surface area contributed by atoms with Crippen molar-refractivity contribution in [2.45, 2.75) is 18.9 Å². The van der Waals surface area contributed by atoms with Crippen molar-refractivity contribution < 1.29 is 9.13 Å². The van der Waals surface area contributed by atoms with Crippen LogP contribution in [0.5, 0.6) is 5.75 Å². The molecule has 2 aromatic heterocycles. The van der Waals surface area contributed by atoms with E-state index in [1.54, 1.807) is 12.4 Å². The van der Waals surface area contributed by atoms with E-state index >= 15 is 0 Å². The Balaban J connectivity index is 1.72. The number of imidazole rings is 1. The first-order valence-corrected chi connectivity index (χ1v) is 7.14. The maximum Gasteiger partial charge on any atom is 0.182 e. The van der Waals surface area contributed by atoms with E-state index in [1.165, 1.54) is 18.5 Å². The van der Waals surface area contributed by atoms with Gasteiger partial charge >= 0.3 is 0 Å². The molecule has 0 radical (unpaired) electrons. The highest BCUT2D eigenvalue weighted by Gasteiger charge is 2.21. The second-order valence-corrected chi connectivity index (χ2v) is 5.19. The second kappa shape index (κ2) is 5.25. The molecule has 6 nitrogen and oxygen atoms in total. The fraction of sp³-hybridized carbons (Fsp3) is 0.267. The molecular formula is C15H14FN5O. The van der Waals surface area contributed by atoms with Gasteiger partial charge in [-0.1, -0.05) is 6.07 Å². The molecule has 0 spiro atoms. The summed E-state index contributed by atoms with van der Waals surface area (Å²) in [4.78, 5) is 15.6. The third kappa shape index (κ3) is 2.24. The summed E-state index contributed by atoms with van der Waals surface area (Å²) in [5.74, 6) is 0.979. The summed E-state index contributed by atoms with van der Waals surface area (Å²) in [6.07, 6.45) is 4.82. The molecule has 1 aliphatic heterocycles. The van der Waals surface area contributed by atoms with Gasteiger partial charge < -0.3 is 15.0 Å². The van der Waals surface area contributed by atoms with Crippen molar-refractivity contribution >= 4 is 17.0 Å². The number of hydrogen-bond donors (Lipinski definition) is 2. The number of nitrogens with zero attached hydrogens (tertiary/aromatic N) is 3. The number of nitrogens with one attached hydrogen (secondary N) is 2. The van der Waals surface area contributed by atoms with E-state index < -0.39 is 0 Å². The van der Waals surface area contributed by atoms with Gasteiger partial charge in [0.15, 0.2) is 11.5 Å². The van der Waals surface area contributed by atoms with E-state index in [4.69, 9.17) is 4.74 Å². The average molecular weight is 299 g/mol. The van der Waals surface area contributed by atoms with E-state index in [2.05, 4.69) is 25.3 Å². The highest BCUT2D eigenvalue weighted by molar-refractivity contribution is 5.82. The molecule has 0 fully saturated rings. The topological polar surface area (TPSA) is 75.7 Å². The summed E-state index contributed by atoms with van der Waals surface area (Å²) in [5.41, 5.74) is 2.31. The molecule has 0 bridgehead atoms. The third-order valence-electron chi connectivity index (χ3n) is 3.78. The lowest BCUT2D eigenvalue weighted by atomic mass is 10.0. The summed E-state index contributed by atoms with van der Waals surface area (Å²) in [6.45, 7) is 0.581. The Morgan fingerprint density at radius 3 is 3.18 bits per heavy atom. The summed E-state index contributed by atoms with van der Waals surface area (Å²) in [6, 6.07) is 4.65. The molecule has 0 saturated heterocycles. The number of hydrogen-bond acceptors (Lipinski definition) is 5. The zero-order chi connectivity index (χ0) is 14.9. The molecule has 3 heterocycles. The van der Waals surface area contributed by atoms with Crippen LogP contribution in [0.3, 0.4) is 0 Å². The van der Waals surface area contributed by atoms with Crippen molar-refractivity contribution in [2.24, 2.45) is 0 Å². The number of aromatic amines is 1. The molecule has 4 rings (SSSR count). The minimum Gasteiger partial charge on any atom is -0.493 e. The van der Waals surface area contributed by atoms with Crippen LogP contribution in [0, 0.1) is 5.82 Å². The molecule has 2 N–H and O–H groups in total. The van der Waals surface area contributed by atoms with Crippen LogP contribution < -0.4 is 10.1 Å². The van der Waals surface area contributed by atoms with Crippen LogP contribution in [0.25, 0.3) is 11.2 Å². The largest absolute Gasteiger partial charge is 0.493 e. The lowest BCUT2D eigenvalue weighted by molar-refractivity contribution is 0.315. The first-order chi connectivity index (χ1) is 10.8. The van der Waals surface area contributed by atoms with Gasteiger partial charge in [-0.25, -0.2) is 19.3 Å². The molecule has 1 aliphatic rings. The molecule has 112 valence electrons. The van der Waals surface area contributed by atoms with Crippen LogP contribution in [-0.4, -0.2) is 26.5 Å². The third-order valence-corrected chi connectivity index (χ3v) is 3.78. The fourth-order valence-corrected chi connectivity index (χ4v) is 2.74. The second-order valence-electron chi connectivity index (χ2n) is 5.19.